The molecule has 126 valence electrons. The Kier molecular flexibility index (Phi) is 4.83. The van der Waals surface area contributed by atoms with E-state index in [1.54, 1.807) is 18.3 Å². The van der Waals surface area contributed by atoms with Crippen LogP contribution in [0.2, 0.25) is 5.02 Å². The van der Waals surface area contributed by atoms with Crippen LogP contribution in [0.1, 0.15) is 37.7 Å². The summed E-state index contributed by atoms with van der Waals surface area (Å²) in [5.41, 5.74) is 8.88. The number of hydrogen-bond donors (Lipinski definition) is 1. The summed E-state index contributed by atoms with van der Waals surface area (Å²) in [6.45, 7) is 4.71. The third kappa shape index (κ3) is 3.14. The summed E-state index contributed by atoms with van der Waals surface area (Å²) < 4.78 is 15.4. The van der Waals surface area contributed by atoms with Crippen LogP contribution in [-0.2, 0) is 6.54 Å². The van der Waals surface area contributed by atoms with E-state index in [1.807, 2.05) is 16.7 Å². The molecule has 0 aliphatic carbocycles. The third-order valence-electron chi connectivity index (χ3n) is 4.41. The Labute approximate surface area is 145 Å². The number of fused-ring (bicyclic) bond motifs is 1. The Hall–Kier alpha value is -1.98. The van der Waals surface area contributed by atoms with E-state index in [2.05, 4.69) is 23.8 Å². The first-order chi connectivity index (χ1) is 11.5. The molecule has 0 saturated heterocycles. The molecular formula is C18H20ClFN4. The van der Waals surface area contributed by atoms with Crippen molar-refractivity contribution in [1.29, 1.82) is 0 Å². The number of nitrogens with two attached hydrogens (primary N) is 1. The van der Waals surface area contributed by atoms with E-state index in [0.717, 1.165) is 29.0 Å². The molecule has 0 aliphatic rings. The highest BCUT2D eigenvalue weighted by Gasteiger charge is 2.22. The summed E-state index contributed by atoms with van der Waals surface area (Å²) >= 11 is 5.91. The van der Waals surface area contributed by atoms with Crippen molar-refractivity contribution in [2.24, 2.45) is 11.7 Å². The quantitative estimate of drug-likeness (QED) is 0.748. The standard InChI is InChI=1S/C18H20ClFN4/c1-3-11(2)16(21)18-23-15-5-4-8-22-17(15)24(18)10-12-6-7-14(20)13(19)9-12/h4-9,11,16H,3,10,21H2,1-2H3/t11?,16-/m0/s1. The molecule has 2 N–H and O–H groups in total. The molecule has 0 amide bonds. The van der Waals surface area contributed by atoms with Crippen molar-refractivity contribution < 1.29 is 4.39 Å². The van der Waals surface area contributed by atoms with Crippen molar-refractivity contribution in [2.45, 2.75) is 32.9 Å². The van der Waals surface area contributed by atoms with Crippen LogP contribution in [0.5, 0.6) is 0 Å². The van der Waals surface area contributed by atoms with Crippen LogP contribution in [0, 0.1) is 11.7 Å². The number of nitrogens with zero attached hydrogens (tertiary/aromatic N) is 3. The lowest BCUT2D eigenvalue weighted by atomic mass is 9.99. The fourth-order valence-electron chi connectivity index (χ4n) is 2.72. The van der Waals surface area contributed by atoms with Crippen molar-refractivity contribution in [1.82, 2.24) is 14.5 Å². The highest BCUT2D eigenvalue weighted by Crippen LogP contribution is 2.26. The zero-order chi connectivity index (χ0) is 17.3. The van der Waals surface area contributed by atoms with Gasteiger partial charge in [-0.25, -0.2) is 14.4 Å². The Balaban J connectivity index is 2.08. The van der Waals surface area contributed by atoms with Crippen molar-refractivity contribution in [3.63, 3.8) is 0 Å². The normalized spacial score (nSPS) is 14.0. The molecular weight excluding hydrogens is 327 g/mol. The zero-order valence-electron chi connectivity index (χ0n) is 13.7. The van der Waals surface area contributed by atoms with Crippen molar-refractivity contribution in [3.05, 3.63) is 58.8 Å². The SMILES string of the molecule is CCC(C)[C@H](N)c1nc2cccnc2n1Cc1ccc(F)c(Cl)c1. The lowest BCUT2D eigenvalue weighted by molar-refractivity contribution is 0.428. The second-order valence-corrected chi connectivity index (χ2v) is 6.47. The summed E-state index contributed by atoms with van der Waals surface area (Å²) in [4.78, 5) is 9.13. The number of benzene rings is 1. The first kappa shape index (κ1) is 16.9. The van der Waals surface area contributed by atoms with Gasteiger partial charge in [-0.1, -0.05) is 37.9 Å². The summed E-state index contributed by atoms with van der Waals surface area (Å²) in [6.07, 6.45) is 2.69. The minimum absolute atomic E-state index is 0.109. The van der Waals surface area contributed by atoms with Gasteiger partial charge in [0.2, 0.25) is 0 Å². The van der Waals surface area contributed by atoms with Crippen LogP contribution < -0.4 is 5.73 Å². The first-order valence-electron chi connectivity index (χ1n) is 8.02. The highest BCUT2D eigenvalue weighted by atomic mass is 35.5. The molecule has 3 aromatic rings. The number of halogens is 2. The third-order valence-corrected chi connectivity index (χ3v) is 4.70. The fraction of sp³-hybridized carbons (Fsp3) is 0.333. The molecule has 2 aromatic heterocycles. The van der Waals surface area contributed by atoms with E-state index in [1.165, 1.54) is 6.07 Å². The number of hydrogen-bond acceptors (Lipinski definition) is 3. The first-order valence-corrected chi connectivity index (χ1v) is 8.39. The van der Waals surface area contributed by atoms with Crippen LogP contribution in [0.3, 0.4) is 0 Å². The van der Waals surface area contributed by atoms with Crippen molar-refractivity contribution in [3.8, 4) is 0 Å². The van der Waals surface area contributed by atoms with Gasteiger partial charge in [0, 0.05) is 6.20 Å². The summed E-state index contributed by atoms with van der Waals surface area (Å²) in [5, 5.41) is 0.109. The second-order valence-electron chi connectivity index (χ2n) is 6.06. The van der Waals surface area contributed by atoms with E-state index in [-0.39, 0.29) is 17.0 Å². The number of pyridine rings is 1. The Bertz CT molecular complexity index is 861. The minimum Gasteiger partial charge on any atom is -0.321 e. The smallest absolute Gasteiger partial charge is 0.160 e. The van der Waals surface area contributed by atoms with E-state index in [4.69, 9.17) is 17.3 Å². The number of imidazole rings is 1. The van der Waals surface area contributed by atoms with Gasteiger partial charge < -0.3 is 10.3 Å². The maximum Gasteiger partial charge on any atom is 0.160 e. The van der Waals surface area contributed by atoms with E-state index < -0.39 is 5.82 Å². The van der Waals surface area contributed by atoms with Gasteiger partial charge >= 0.3 is 0 Å². The molecule has 0 radical (unpaired) electrons. The molecule has 1 aromatic carbocycles. The second kappa shape index (κ2) is 6.87. The average Bonchev–Trinajstić information content (AvgIpc) is 2.95. The summed E-state index contributed by atoms with van der Waals surface area (Å²) in [5.74, 6) is 0.654. The summed E-state index contributed by atoms with van der Waals surface area (Å²) in [7, 11) is 0. The van der Waals surface area contributed by atoms with E-state index in [0.29, 0.717) is 6.54 Å². The molecule has 3 rings (SSSR count). The lowest BCUT2D eigenvalue weighted by Crippen LogP contribution is -2.23. The van der Waals surface area contributed by atoms with Crippen LogP contribution in [0.4, 0.5) is 4.39 Å². The maximum atomic E-state index is 13.4. The minimum atomic E-state index is -0.425. The number of aromatic nitrogens is 3. The predicted octanol–water partition coefficient (Wildman–Crippen LogP) is 4.32. The molecule has 0 fully saturated rings. The Morgan fingerprint density at radius 1 is 1.33 bits per heavy atom. The highest BCUT2D eigenvalue weighted by molar-refractivity contribution is 6.30. The molecule has 2 heterocycles. The Morgan fingerprint density at radius 2 is 2.12 bits per heavy atom. The van der Waals surface area contributed by atoms with E-state index >= 15 is 0 Å². The predicted molar refractivity (Wildman–Crippen MR) is 94.4 cm³/mol. The van der Waals surface area contributed by atoms with Gasteiger partial charge in [-0.2, -0.15) is 0 Å². The monoisotopic (exact) mass is 346 g/mol. The molecule has 0 spiro atoms. The van der Waals surface area contributed by atoms with Gasteiger partial charge in [-0.15, -0.1) is 0 Å². The van der Waals surface area contributed by atoms with E-state index in [9.17, 15) is 4.39 Å². The lowest BCUT2D eigenvalue weighted by Gasteiger charge is -2.19. The number of rotatable bonds is 5. The molecule has 6 heteroatoms. The molecule has 2 atom stereocenters. The Morgan fingerprint density at radius 3 is 2.83 bits per heavy atom. The molecule has 1 unspecified atom stereocenters. The molecule has 0 aliphatic heterocycles. The topological polar surface area (TPSA) is 56.7 Å². The van der Waals surface area contributed by atoms with Crippen LogP contribution in [0.25, 0.3) is 11.2 Å². The van der Waals surface area contributed by atoms with Crippen LogP contribution >= 0.6 is 11.6 Å². The molecule has 4 nitrogen and oxygen atoms in total. The van der Waals surface area contributed by atoms with Crippen molar-refractivity contribution >= 4 is 22.8 Å². The molecule has 0 saturated carbocycles. The van der Waals surface area contributed by atoms with Crippen molar-refractivity contribution in [2.75, 3.05) is 0 Å². The largest absolute Gasteiger partial charge is 0.321 e. The summed E-state index contributed by atoms with van der Waals surface area (Å²) in [6, 6.07) is 8.30. The van der Waals surface area contributed by atoms with Gasteiger partial charge in [-0.05, 0) is 35.7 Å². The van der Waals surface area contributed by atoms with Gasteiger partial charge in [-0.3, -0.25) is 0 Å². The average molecular weight is 347 g/mol. The zero-order valence-corrected chi connectivity index (χ0v) is 14.5. The maximum absolute atomic E-state index is 13.4. The van der Waals surface area contributed by atoms with Gasteiger partial charge in [0.15, 0.2) is 5.65 Å². The molecule has 0 bridgehead atoms. The van der Waals surface area contributed by atoms with Crippen LogP contribution in [-0.4, -0.2) is 14.5 Å². The van der Waals surface area contributed by atoms with Gasteiger partial charge in [0.05, 0.1) is 17.6 Å². The van der Waals surface area contributed by atoms with Gasteiger partial charge in [0.25, 0.3) is 0 Å². The van der Waals surface area contributed by atoms with Crippen LogP contribution in [0.15, 0.2) is 36.5 Å². The fourth-order valence-corrected chi connectivity index (χ4v) is 2.92. The molecule has 24 heavy (non-hydrogen) atoms. The van der Waals surface area contributed by atoms with Gasteiger partial charge in [0.1, 0.15) is 17.2 Å².